The molecule has 0 aliphatic rings. The van der Waals surface area contributed by atoms with E-state index in [1.54, 1.807) is 48.8 Å². The number of methoxy groups -OCH3 is 2. The first kappa shape index (κ1) is 24.2. The second-order valence-electron chi connectivity index (χ2n) is 7.41. The van der Waals surface area contributed by atoms with Crippen LogP contribution in [0.2, 0.25) is 0 Å². The van der Waals surface area contributed by atoms with Gasteiger partial charge in [-0.15, -0.1) is 0 Å². The number of nitrogens with one attached hydrogen (secondary N) is 2. The molecule has 1 aromatic heterocycles. The Kier molecular flexibility index (Phi) is 8.02. The summed E-state index contributed by atoms with van der Waals surface area (Å²) in [5.74, 6) is 0.460. The third-order valence-corrected chi connectivity index (χ3v) is 6.53. The number of rotatable bonds is 10. The van der Waals surface area contributed by atoms with E-state index < -0.39 is 16.1 Å². The van der Waals surface area contributed by atoms with Crippen molar-refractivity contribution in [2.75, 3.05) is 14.2 Å². The van der Waals surface area contributed by atoms with Crippen LogP contribution in [0.3, 0.4) is 0 Å². The second kappa shape index (κ2) is 10.9. The van der Waals surface area contributed by atoms with Crippen LogP contribution in [0.1, 0.15) is 29.2 Å². The first-order chi connectivity index (χ1) is 15.8. The van der Waals surface area contributed by atoms with E-state index in [2.05, 4.69) is 15.0 Å². The maximum Gasteiger partial charge on any atom is 0.241 e. The number of carbonyl (C=O) groups excluding carboxylic acids is 1. The van der Waals surface area contributed by atoms with Crippen molar-refractivity contribution in [2.24, 2.45) is 0 Å². The Balaban J connectivity index is 1.89. The maximum absolute atomic E-state index is 13.1. The van der Waals surface area contributed by atoms with Crippen molar-refractivity contribution < 1.29 is 22.7 Å². The van der Waals surface area contributed by atoms with Gasteiger partial charge in [-0.2, -0.15) is 0 Å². The Morgan fingerprint density at radius 3 is 2.42 bits per heavy atom. The van der Waals surface area contributed by atoms with E-state index in [0.29, 0.717) is 17.1 Å². The summed E-state index contributed by atoms with van der Waals surface area (Å²) in [5, 5.41) is 2.81. The Morgan fingerprint density at radius 2 is 1.79 bits per heavy atom. The number of sulfonamides is 1. The lowest BCUT2D eigenvalue weighted by Crippen LogP contribution is -2.34. The molecule has 0 fully saturated rings. The van der Waals surface area contributed by atoms with Crippen LogP contribution in [0.4, 0.5) is 0 Å². The highest BCUT2D eigenvalue weighted by Crippen LogP contribution is 2.36. The Morgan fingerprint density at radius 1 is 1.03 bits per heavy atom. The lowest BCUT2D eigenvalue weighted by molar-refractivity contribution is -0.121. The number of ether oxygens (including phenoxy) is 2. The third-order valence-electron chi connectivity index (χ3n) is 5.04. The third kappa shape index (κ3) is 6.30. The smallest absolute Gasteiger partial charge is 0.241 e. The number of carbonyl (C=O) groups is 1. The largest absolute Gasteiger partial charge is 0.493 e. The number of hydrogen-bond donors (Lipinski definition) is 2. The van der Waals surface area contributed by atoms with Crippen LogP contribution in [0.5, 0.6) is 11.5 Å². The second-order valence-corrected chi connectivity index (χ2v) is 9.13. The van der Waals surface area contributed by atoms with Crippen LogP contribution in [0, 0.1) is 6.92 Å². The number of amides is 1. The zero-order valence-electron chi connectivity index (χ0n) is 18.7. The fraction of sp³-hybridized carbons (Fsp3) is 0.250. The molecule has 8 nitrogen and oxygen atoms in total. The molecule has 1 unspecified atom stereocenters. The molecule has 0 bridgehead atoms. The number of nitrogens with zero attached hydrogens (tertiary/aromatic N) is 1. The fourth-order valence-electron chi connectivity index (χ4n) is 3.34. The number of hydrogen-bond acceptors (Lipinski definition) is 6. The van der Waals surface area contributed by atoms with Gasteiger partial charge in [0.15, 0.2) is 11.5 Å². The first-order valence-corrected chi connectivity index (χ1v) is 11.8. The normalized spacial score (nSPS) is 12.1. The number of benzene rings is 2. The lowest BCUT2D eigenvalue weighted by Gasteiger charge is -2.22. The Labute approximate surface area is 194 Å². The predicted molar refractivity (Wildman–Crippen MR) is 124 cm³/mol. The van der Waals surface area contributed by atoms with Gasteiger partial charge in [-0.25, -0.2) is 13.1 Å². The van der Waals surface area contributed by atoms with E-state index in [1.165, 1.54) is 26.4 Å². The van der Waals surface area contributed by atoms with Gasteiger partial charge in [0.05, 0.1) is 25.2 Å². The average molecular weight is 470 g/mol. The molecule has 0 spiro atoms. The SMILES string of the molecule is COc1cccc(C(CC(=O)NCc2cccnc2)NS(=O)(=O)c2ccc(C)cc2)c1OC. The van der Waals surface area contributed by atoms with Gasteiger partial charge in [0, 0.05) is 30.9 Å². The average Bonchev–Trinajstić information content (AvgIpc) is 2.82. The van der Waals surface area contributed by atoms with Crippen molar-refractivity contribution >= 4 is 15.9 Å². The molecule has 0 aliphatic carbocycles. The molecule has 0 saturated carbocycles. The molecule has 0 saturated heterocycles. The van der Waals surface area contributed by atoms with Crippen LogP contribution >= 0.6 is 0 Å². The van der Waals surface area contributed by atoms with Crippen LogP contribution in [0.15, 0.2) is 71.9 Å². The van der Waals surface area contributed by atoms with Gasteiger partial charge in [0.1, 0.15) is 0 Å². The summed E-state index contributed by atoms with van der Waals surface area (Å²) in [4.78, 5) is 16.9. The molecular weight excluding hydrogens is 442 g/mol. The number of aromatic nitrogens is 1. The highest BCUT2D eigenvalue weighted by molar-refractivity contribution is 7.89. The van der Waals surface area contributed by atoms with Crippen molar-refractivity contribution in [1.82, 2.24) is 15.0 Å². The van der Waals surface area contributed by atoms with E-state index in [0.717, 1.165) is 11.1 Å². The quantitative estimate of drug-likeness (QED) is 0.473. The molecule has 33 heavy (non-hydrogen) atoms. The monoisotopic (exact) mass is 469 g/mol. The standard InChI is InChI=1S/C24H27N3O5S/c1-17-9-11-19(12-10-17)33(29,30)27-21(20-7-4-8-22(31-2)24(20)32-3)14-23(28)26-16-18-6-5-13-25-15-18/h4-13,15,21,27H,14,16H2,1-3H3,(H,26,28). The van der Waals surface area contributed by atoms with Crippen LogP contribution in [-0.2, 0) is 21.4 Å². The molecule has 1 amide bonds. The number of pyridine rings is 1. The minimum atomic E-state index is -3.92. The fourth-order valence-corrected chi connectivity index (χ4v) is 4.55. The van der Waals surface area contributed by atoms with Crippen LogP contribution in [0.25, 0.3) is 0 Å². The zero-order chi connectivity index (χ0) is 23.8. The lowest BCUT2D eigenvalue weighted by atomic mass is 10.0. The number of para-hydroxylation sites is 1. The molecule has 2 aromatic carbocycles. The van der Waals surface area contributed by atoms with E-state index in [9.17, 15) is 13.2 Å². The summed E-state index contributed by atoms with van der Waals surface area (Å²) in [6.07, 6.45) is 3.16. The summed E-state index contributed by atoms with van der Waals surface area (Å²) >= 11 is 0. The van der Waals surface area contributed by atoms with Crippen LogP contribution < -0.4 is 19.5 Å². The molecule has 9 heteroatoms. The Bertz CT molecular complexity index is 1180. The molecule has 0 aliphatic heterocycles. The maximum atomic E-state index is 13.1. The zero-order valence-corrected chi connectivity index (χ0v) is 19.6. The van der Waals surface area contributed by atoms with E-state index in [1.807, 2.05) is 13.0 Å². The molecule has 0 radical (unpaired) electrons. The van der Waals surface area contributed by atoms with Gasteiger partial charge in [0.25, 0.3) is 0 Å². The van der Waals surface area contributed by atoms with Crippen molar-refractivity contribution in [3.8, 4) is 11.5 Å². The molecule has 2 N–H and O–H groups in total. The van der Waals surface area contributed by atoms with Gasteiger partial charge in [0.2, 0.25) is 15.9 Å². The molecule has 3 aromatic rings. The topological polar surface area (TPSA) is 107 Å². The molecule has 1 heterocycles. The van der Waals surface area contributed by atoms with Gasteiger partial charge in [-0.05, 0) is 36.8 Å². The summed E-state index contributed by atoms with van der Waals surface area (Å²) < 4.78 is 39.8. The van der Waals surface area contributed by atoms with Gasteiger partial charge in [-0.3, -0.25) is 9.78 Å². The van der Waals surface area contributed by atoms with Gasteiger partial charge < -0.3 is 14.8 Å². The van der Waals surface area contributed by atoms with Crippen molar-refractivity contribution in [3.63, 3.8) is 0 Å². The summed E-state index contributed by atoms with van der Waals surface area (Å²) in [5.41, 5.74) is 2.26. The molecule has 174 valence electrons. The molecule has 1 atom stereocenters. The number of aryl methyl sites for hydroxylation is 1. The van der Waals surface area contributed by atoms with Crippen molar-refractivity contribution in [1.29, 1.82) is 0 Å². The minimum absolute atomic E-state index is 0.107. The molecule has 3 rings (SSSR count). The predicted octanol–water partition coefficient (Wildman–Crippen LogP) is 3.13. The first-order valence-electron chi connectivity index (χ1n) is 10.3. The van der Waals surface area contributed by atoms with E-state index in [-0.39, 0.29) is 23.8 Å². The summed E-state index contributed by atoms with van der Waals surface area (Å²) in [7, 11) is -0.957. The Hall–Kier alpha value is -3.43. The molecular formula is C24H27N3O5S. The summed E-state index contributed by atoms with van der Waals surface area (Å²) in [6.45, 7) is 2.15. The van der Waals surface area contributed by atoms with E-state index in [4.69, 9.17) is 9.47 Å². The van der Waals surface area contributed by atoms with Gasteiger partial charge in [-0.1, -0.05) is 35.9 Å². The highest BCUT2D eigenvalue weighted by Gasteiger charge is 2.27. The highest BCUT2D eigenvalue weighted by atomic mass is 32.2. The summed E-state index contributed by atoms with van der Waals surface area (Å²) in [6, 6.07) is 14.4. The van der Waals surface area contributed by atoms with Crippen molar-refractivity contribution in [3.05, 3.63) is 83.7 Å². The van der Waals surface area contributed by atoms with E-state index >= 15 is 0 Å². The van der Waals surface area contributed by atoms with Gasteiger partial charge >= 0.3 is 0 Å². The minimum Gasteiger partial charge on any atom is -0.493 e. The van der Waals surface area contributed by atoms with Crippen molar-refractivity contribution in [2.45, 2.75) is 30.8 Å². The van der Waals surface area contributed by atoms with Crippen LogP contribution in [-0.4, -0.2) is 33.5 Å².